The molecule has 8 nitrogen and oxygen atoms in total. The molecule has 0 fully saturated rings. The maximum Gasteiger partial charge on any atom is 0.227 e. The van der Waals surface area contributed by atoms with Crippen molar-refractivity contribution in [1.82, 2.24) is 4.98 Å². The number of pyridine rings is 1. The van der Waals surface area contributed by atoms with E-state index in [9.17, 15) is 10.4 Å². The average molecular weight is 404 g/mol. The fourth-order valence-corrected chi connectivity index (χ4v) is 3.68. The third-order valence-electron chi connectivity index (χ3n) is 5.00. The summed E-state index contributed by atoms with van der Waals surface area (Å²) in [7, 11) is 1.57. The number of anilines is 2. The Bertz CT molecular complexity index is 1190. The van der Waals surface area contributed by atoms with Gasteiger partial charge in [0.1, 0.15) is 28.9 Å². The van der Waals surface area contributed by atoms with Gasteiger partial charge >= 0.3 is 0 Å². The first-order valence-corrected chi connectivity index (χ1v) is 9.28. The van der Waals surface area contributed by atoms with Gasteiger partial charge in [0.05, 0.1) is 25.0 Å². The largest absolute Gasteiger partial charge is 0.508 e. The Labute approximate surface area is 173 Å². The monoisotopic (exact) mass is 404 g/mol. The minimum atomic E-state index is -0.422. The number of nitriles is 1. The molecule has 0 saturated heterocycles. The number of phenols is 1. The lowest BCUT2D eigenvalue weighted by atomic mass is 9.82. The van der Waals surface area contributed by atoms with Crippen LogP contribution in [-0.4, -0.2) is 23.8 Å². The number of phenolic OH excluding ortho intramolecular Hbond substituents is 1. The lowest BCUT2D eigenvalue weighted by molar-refractivity contribution is 0.310. The lowest BCUT2D eigenvalue weighted by Gasteiger charge is -2.30. The average Bonchev–Trinajstić information content (AvgIpc) is 2.73. The van der Waals surface area contributed by atoms with Crippen molar-refractivity contribution in [3.63, 3.8) is 0 Å². The van der Waals surface area contributed by atoms with E-state index in [1.54, 1.807) is 19.2 Å². The number of aromatic nitrogens is 1. The van der Waals surface area contributed by atoms with E-state index in [0.717, 1.165) is 11.1 Å². The molecule has 5 N–H and O–H groups in total. The van der Waals surface area contributed by atoms with Crippen LogP contribution < -0.4 is 25.7 Å². The number of hydrogen-bond acceptors (Lipinski definition) is 8. The molecule has 30 heavy (non-hydrogen) atoms. The quantitative estimate of drug-likeness (QED) is 0.470. The van der Waals surface area contributed by atoms with Gasteiger partial charge in [-0.25, -0.2) is 0 Å². The van der Waals surface area contributed by atoms with Crippen molar-refractivity contribution in [2.24, 2.45) is 0 Å². The van der Waals surface area contributed by atoms with Crippen LogP contribution >= 0.6 is 0 Å². The van der Waals surface area contributed by atoms with E-state index < -0.39 is 5.92 Å². The highest BCUT2D eigenvalue weighted by molar-refractivity contribution is 5.75. The minimum Gasteiger partial charge on any atom is -0.508 e. The van der Waals surface area contributed by atoms with Crippen molar-refractivity contribution in [2.45, 2.75) is 12.8 Å². The van der Waals surface area contributed by atoms with E-state index >= 15 is 0 Å². The Balaban J connectivity index is 1.99. The zero-order valence-corrected chi connectivity index (χ0v) is 16.5. The topological polar surface area (TPSA) is 137 Å². The van der Waals surface area contributed by atoms with Crippen molar-refractivity contribution >= 4 is 11.5 Å². The highest BCUT2D eigenvalue weighted by Crippen LogP contribution is 2.51. The van der Waals surface area contributed by atoms with E-state index in [4.69, 9.17) is 25.7 Å². The van der Waals surface area contributed by atoms with Crippen LogP contribution in [0.4, 0.5) is 11.5 Å². The Morgan fingerprint density at radius 1 is 1.20 bits per heavy atom. The zero-order chi connectivity index (χ0) is 21.4. The maximum absolute atomic E-state index is 9.93. The first-order chi connectivity index (χ1) is 14.5. The van der Waals surface area contributed by atoms with Crippen LogP contribution in [0.15, 0.2) is 36.4 Å². The maximum atomic E-state index is 9.93. The number of hydrogen-bond donors (Lipinski definition) is 3. The Morgan fingerprint density at radius 3 is 2.70 bits per heavy atom. The molecule has 2 heterocycles. The molecule has 2 aromatic carbocycles. The second-order valence-corrected chi connectivity index (χ2v) is 6.72. The van der Waals surface area contributed by atoms with E-state index in [-0.39, 0.29) is 28.7 Å². The summed E-state index contributed by atoms with van der Waals surface area (Å²) in [6.07, 6.45) is 0. The van der Waals surface area contributed by atoms with Crippen LogP contribution in [-0.2, 0) is 0 Å². The predicted octanol–water partition coefficient (Wildman–Crippen LogP) is 3.52. The van der Waals surface area contributed by atoms with E-state index in [1.807, 2.05) is 31.2 Å². The van der Waals surface area contributed by atoms with Gasteiger partial charge in [-0.2, -0.15) is 10.2 Å². The number of nitrogens with zero attached hydrogens (tertiary/aromatic N) is 2. The smallest absolute Gasteiger partial charge is 0.227 e. The first-order valence-electron chi connectivity index (χ1n) is 9.28. The summed E-state index contributed by atoms with van der Waals surface area (Å²) >= 11 is 0. The Hall–Kier alpha value is -4.12. The van der Waals surface area contributed by atoms with Crippen molar-refractivity contribution in [2.75, 3.05) is 25.2 Å². The summed E-state index contributed by atoms with van der Waals surface area (Å²) in [5.41, 5.74) is 14.7. The fourth-order valence-electron chi connectivity index (χ4n) is 3.68. The molecule has 0 aliphatic carbocycles. The normalized spacial score (nSPS) is 14.1. The zero-order valence-electron chi connectivity index (χ0n) is 16.5. The summed E-state index contributed by atoms with van der Waals surface area (Å²) in [4.78, 5) is 4.25. The molecule has 0 amide bonds. The molecule has 0 unspecified atom stereocenters. The summed E-state index contributed by atoms with van der Waals surface area (Å²) in [5.74, 6) is 1.41. The van der Waals surface area contributed by atoms with Gasteiger partial charge in [0.2, 0.25) is 5.88 Å². The molecule has 1 aliphatic heterocycles. The molecule has 1 aromatic heterocycles. The summed E-state index contributed by atoms with van der Waals surface area (Å²) < 4.78 is 17.0. The standard InChI is InChI=1S/C22H20N4O4/c1-3-29-15-7-4-11(8-17(15)28-2)18-13-6-5-12(27)9-16(13)30-22-19(18)20(24)14(10-23)21(25)26-22/h4-9,18,27H,3H2,1-2H3,(H4,24,25,26)/t18-/m0/s1. The molecule has 0 radical (unpaired) electrons. The Kier molecular flexibility index (Phi) is 4.72. The summed E-state index contributed by atoms with van der Waals surface area (Å²) in [5, 5.41) is 19.4. The molecule has 1 atom stereocenters. The Morgan fingerprint density at radius 2 is 2.00 bits per heavy atom. The molecular weight excluding hydrogens is 384 g/mol. The van der Waals surface area contributed by atoms with Gasteiger partial charge in [-0.3, -0.25) is 0 Å². The molecule has 1 aliphatic rings. The highest BCUT2D eigenvalue weighted by atomic mass is 16.5. The van der Waals surface area contributed by atoms with Crippen LogP contribution in [0, 0.1) is 11.3 Å². The van der Waals surface area contributed by atoms with Gasteiger partial charge in [0, 0.05) is 17.5 Å². The molecular formula is C22H20N4O4. The summed E-state index contributed by atoms with van der Waals surface area (Å²) in [6, 6.07) is 12.4. The second-order valence-electron chi connectivity index (χ2n) is 6.72. The molecule has 3 aromatic rings. The SMILES string of the molecule is CCOc1ccc([C@H]2c3ccc(O)cc3Oc3nc(N)c(C#N)c(N)c32)cc1OC. The number of benzene rings is 2. The van der Waals surface area contributed by atoms with Crippen molar-refractivity contribution in [1.29, 1.82) is 5.26 Å². The molecule has 0 saturated carbocycles. The number of nitrogen functional groups attached to an aromatic ring is 2. The molecule has 152 valence electrons. The van der Waals surface area contributed by atoms with Crippen LogP contribution in [0.1, 0.15) is 35.1 Å². The van der Waals surface area contributed by atoms with Crippen LogP contribution in [0.2, 0.25) is 0 Å². The van der Waals surface area contributed by atoms with E-state index in [1.165, 1.54) is 6.07 Å². The number of fused-ring (bicyclic) bond motifs is 2. The van der Waals surface area contributed by atoms with Gasteiger partial charge in [-0.15, -0.1) is 0 Å². The second kappa shape index (κ2) is 7.37. The van der Waals surface area contributed by atoms with E-state index in [0.29, 0.717) is 29.4 Å². The number of aromatic hydroxyl groups is 1. The number of methoxy groups -OCH3 is 1. The first kappa shape index (κ1) is 19.2. The van der Waals surface area contributed by atoms with Crippen LogP contribution in [0.25, 0.3) is 0 Å². The van der Waals surface area contributed by atoms with E-state index in [2.05, 4.69) is 4.98 Å². The number of nitrogens with two attached hydrogens (primary N) is 2. The van der Waals surface area contributed by atoms with Gasteiger partial charge in [-0.1, -0.05) is 12.1 Å². The molecule has 0 spiro atoms. The van der Waals surface area contributed by atoms with Gasteiger partial charge in [0.25, 0.3) is 0 Å². The van der Waals surface area contributed by atoms with Crippen molar-refractivity contribution in [3.05, 3.63) is 58.7 Å². The third kappa shape index (κ3) is 2.97. The van der Waals surface area contributed by atoms with Crippen LogP contribution in [0.3, 0.4) is 0 Å². The fraction of sp³-hybridized carbons (Fsp3) is 0.182. The van der Waals surface area contributed by atoms with Gasteiger partial charge in [0.15, 0.2) is 11.5 Å². The van der Waals surface area contributed by atoms with Gasteiger partial charge < -0.3 is 30.8 Å². The number of rotatable bonds is 4. The molecule has 8 heteroatoms. The number of ether oxygens (including phenoxy) is 3. The molecule has 0 bridgehead atoms. The van der Waals surface area contributed by atoms with Crippen molar-refractivity contribution in [3.8, 4) is 34.9 Å². The minimum absolute atomic E-state index is 0.0135. The third-order valence-corrected chi connectivity index (χ3v) is 5.00. The molecule has 4 rings (SSSR count). The lowest BCUT2D eigenvalue weighted by Crippen LogP contribution is -2.17. The summed E-state index contributed by atoms with van der Waals surface area (Å²) in [6.45, 7) is 2.39. The van der Waals surface area contributed by atoms with Gasteiger partial charge in [-0.05, 0) is 30.7 Å². The highest BCUT2D eigenvalue weighted by Gasteiger charge is 2.34. The predicted molar refractivity (Wildman–Crippen MR) is 111 cm³/mol. The van der Waals surface area contributed by atoms with Crippen molar-refractivity contribution < 1.29 is 19.3 Å². The van der Waals surface area contributed by atoms with Crippen LogP contribution in [0.5, 0.6) is 28.9 Å².